The fourth-order valence-corrected chi connectivity index (χ4v) is 1.56. The molecule has 0 N–H and O–H groups in total. The monoisotopic (exact) mass is 232 g/mol. The molecule has 0 aromatic carbocycles. The van der Waals surface area contributed by atoms with Crippen molar-refractivity contribution in [3.8, 4) is 0 Å². The highest BCUT2D eigenvalue weighted by Crippen LogP contribution is 2.21. The van der Waals surface area contributed by atoms with Gasteiger partial charge in [-0.15, -0.1) is 0 Å². The van der Waals surface area contributed by atoms with E-state index in [4.69, 9.17) is 24.6 Å². The SMILES string of the molecule is [3H]CCCn1nc(Cl)c2cnc(Cl)nc21. The minimum atomic E-state index is 0.172. The quantitative estimate of drug-likeness (QED) is 0.748. The van der Waals surface area contributed by atoms with E-state index in [9.17, 15) is 0 Å². The first-order chi connectivity index (χ1) is 7.22. The molecule has 0 saturated heterocycles. The molecule has 0 fully saturated rings. The van der Waals surface area contributed by atoms with Gasteiger partial charge < -0.3 is 0 Å². The molecule has 0 radical (unpaired) electrons. The van der Waals surface area contributed by atoms with Gasteiger partial charge in [-0.2, -0.15) is 10.1 Å². The minimum Gasteiger partial charge on any atom is -0.246 e. The van der Waals surface area contributed by atoms with Crippen molar-refractivity contribution in [2.45, 2.75) is 19.9 Å². The number of rotatable bonds is 2. The van der Waals surface area contributed by atoms with Crippen LogP contribution in [-0.4, -0.2) is 19.7 Å². The third-order valence-electron chi connectivity index (χ3n) is 1.78. The average molecular weight is 233 g/mol. The lowest BCUT2D eigenvalue weighted by Crippen LogP contribution is -2.00. The summed E-state index contributed by atoms with van der Waals surface area (Å²) in [5.41, 5.74) is 0.619. The van der Waals surface area contributed by atoms with E-state index in [1.165, 1.54) is 0 Å². The topological polar surface area (TPSA) is 43.6 Å². The Labute approximate surface area is 92.3 Å². The summed E-state index contributed by atoms with van der Waals surface area (Å²) in [4.78, 5) is 7.90. The standard InChI is InChI=1S/C8H8Cl2N4/c1-2-3-14-7-5(6(9)13-14)4-11-8(10)12-7/h4H,2-3H2,1H3/i1T. The van der Waals surface area contributed by atoms with Crippen LogP contribution in [0.5, 0.6) is 0 Å². The lowest BCUT2D eigenvalue weighted by atomic mass is 10.4. The predicted octanol–water partition coefficient (Wildman–Crippen LogP) is 2.54. The van der Waals surface area contributed by atoms with Crippen LogP contribution in [0.25, 0.3) is 11.0 Å². The molecule has 0 bridgehead atoms. The van der Waals surface area contributed by atoms with Gasteiger partial charge in [0.25, 0.3) is 0 Å². The number of halogens is 2. The molecule has 6 heteroatoms. The second-order valence-corrected chi connectivity index (χ2v) is 3.44. The molecule has 0 unspecified atom stereocenters. The van der Waals surface area contributed by atoms with Crippen LogP contribution in [0.3, 0.4) is 0 Å². The number of aryl methyl sites for hydroxylation is 1. The molecule has 0 saturated carbocycles. The van der Waals surface area contributed by atoms with Gasteiger partial charge in [-0.25, -0.2) is 9.67 Å². The summed E-state index contributed by atoms with van der Waals surface area (Å²) in [6.07, 6.45) is 2.26. The lowest BCUT2D eigenvalue weighted by molar-refractivity contribution is 0.617. The zero-order valence-corrected chi connectivity index (χ0v) is 8.76. The Balaban J connectivity index is 2.49. The van der Waals surface area contributed by atoms with Crippen LogP contribution in [0.15, 0.2) is 6.20 Å². The van der Waals surface area contributed by atoms with Crippen molar-refractivity contribution in [3.05, 3.63) is 16.6 Å². The molecular formula is C8H8Cl2N4. The zero-order chi connectivity index (χ0) is 10.8. The molecule has 0 aliphatic carbocycles. The summed E-state index contributed by atoms with van der Waals surface area (Å²) < 4.78 is 8.73. The van der Waals surface area contributed by atoms with Gasteiger partial charge in [0.05, 0.1) is 5.39 Å². The molecule has 0 aliphatic rings. The van der Waals surface area contributed by atoms with Gasteiger partial charge in [-0.05, 0) is 18.0 Å². The van der Waals surface area contributed by atoms with Crippen molar-refractivity contribution in [1.82, 2.24) is 19.7 Å². The van der Waals surface area contributed by atoms with Crippen LogP contribution in [0.1, 0.15) is 14.7 Å². The van der Waals surface area contributed by atoms with Crippen molar-refractivity contribution in [2.75, 3.05) is 0 Å². The Bertz CT molecular complexity index is 485. The van der Waals surface area contributed by atoms with E-state index in [1.807, 2.05) is 0 Å². The number of aromatic nitrogens is 4. The second-order valence-electron chi connectivity index (χ2n) is 2.74. The Morgan fingerprint density at radius 1 is 1.57 bits per heavy atom. The fourth-order valence-electron chi connectivity index (χ4n) is 1.21. The molecule has 2 aromatic heterocycles. The van der Waals surface area contributed by atoms with Crippen LogP contribution in [0.2, 0.25) is 10.4 Å². The number of hydrogen-bond donors (Lipinski definition) is 0. The summed E-state index contributed by atoms with van der Waals surface area (Å²) in [7, 11) is 0. The lowest BCUT2D eigenvalue weighted by Gasteiger charge is -1.98. The highest BCUT2D eigenvalue weighted by Gasteiger charge is 2.10. The van der Waals surface area contributed by atoms with Crippen LogP contribution in [0.4, 0.5) is 0 Å². The minimum absolute atomic E-state index is 0.172. The summed E-state index contributed by atoms with van der Waals surface area (Å²) in [5.74, 6) is 0. The fraction of sp³-hybridized carbons (Fsp3) is 0.375. The van der Waals surface area contributed by atoms with Gasteiger partial charge in [0, 0.05) is 14.1 Å². The van der Waals surface area contributed by atoms with Gasteiger partial charge >= 0.3 is 0 Å². The van der Waals surface area contributed by atoms with Gasteiger partial charge in [-0.1, -0.05) is 18.5 Å². The Hall–Kier alpha value is -0.870. The maximum Gasteiger partial charge on any atom is 0.224 e. The normalized spacial score (nSPS) is 12.0. The van der Waals surface area contributed by atoms with Crippen molar-refractivity contribution in [3.63, 3.8) is 0 Å². The first-order valence-electron chi connectivity index (χ1n) is 4.77. The Morgan fingerprint density at radius 3 is 3.21 bits per heavy atom. The molecule has 74 valence electrons. The molecule has 14 heavy (non-hydrogen) atoms. The summed E-state index contributed by atoms with van der Waals surface area (Å²) in [6, 6.07) is 0. The smallest absolute Gasteiger partial charge is 0.224 e. The van der Waals surface area contributed by atoms with E-state index in [-0.39, 0.29) is 5.28 Å². The molecule has 0 amide bonds. The predicted molar refractivity (Wildman–Crippen MR) is 55.6 cm³/mol. The van der Waals surface area contributed by atoms with Crippen molar-refractivity contribution < 1.29 is 1.37 Å². The molecule has 0 spiro atoms. The van der Waals surface area contributed by atoms with Crippen molar-refractivity contribution in [1.29, 1.82) is 0 Å². The average Bonchev–Trinajstić information content (AvgIpc) is 2.52. The highest BCUT2D eigenvalue weighted by molar-refractivity contribution is 6.34. The first-order valence-corrected chi connectivity index (χ1v) is 4.82. The van der Waals surface area contributed by atoms with Crippen LogP contribution in [0, 0.1) is 0 Å². The van der Waals surface area contributed by atoms with Gasteiger partial charge in [0.15, 0.2) is 10.8 Å². The van der Waals surface area contributed by atoms with Gasteiger partial charge in [0.2, 0.25) is 5.28 Å². The first kappa shape index (κ1) is 8.44. The van der Waals surface area contributed by atoms with E-state index < -0.39 is 0 Å². The number of hydrogen-bond acceptors (Lipinski definition) is 3. The van der Waals surface area contributed by atoms with Crippen molar-refractivity contribution in [2.24, 2.45) is 0 Å². The molecule has 0 atom stereocenters. The van der Waals surface area contributed by atoms with E-state index >= 15 is 0 Å². The van der Waals surface area contributed by atoms with Gasteiger partial charge in [-0.3, -0.25) is 0 Å². The summed E-state index contributed by atoms with van der Waals surface area (Å²) >= 11 is 11.6. The largest absolute Gasteiger partial charge is 0.246 e. The van der Waals surface area contributed by atoms with Crippen LogP contribution >= 0.6 is 23.2 Å². The van der Waals surface area contributed by atoms with E-state index in [2.05, 4.69) is 15.1 Å². The molecule has 0 aliphatic heterocycles. The molecule has 2 aromatic rings. The Kier molecular flexibility index (Phi) is 2.24. The number of fused-ring (bicyclic) bond motifs is 1. The summed E-state index contributed by atoms with van der Waals surface area (Å²) in [6.45, 7) is 0.956. The second kappa shape index (κ2) is 3.71. The van der Waals surface area contributed by atoms with E-state index in [1.54, 1.807) is 10.9 Å². The van der Waals surface area contributed by atoms with E-state index in [0.29, 0.717) is 36.1 Å². The third kappa shape index (κ3) is 1.55. The summed E-state index contributed by atoms with van der Waals surface area (Å²) in [5, 5.41) is 5.33. The van der Waals surface area contributed by atoms with E-state index in [0.717, 1.165) is 0 Å². The highest BCUT2D eigenvalue weighted by atomic mass is 35.5. The third-order valence-corrected chi connectivity index (χ3v) is 2.25. The molecule has 2 heterocycles. The molecule has 2 rings (SSSR count). The Morgan fingerprint density at radius 2 is 2.43 bits per heavy atom. The van der Waals surface area contributed by atoms with Crippen LogP contribution < -0.4 is 0 Å². The number of nitrogens with zero attached hydrogens (tertiary/aromatic N) is 4. The molecular weight excluding hydrogens is 223 g/mol. The van der Waals surface area contributed by atoms with Crippen LogP contribution in [-0.2, 0) is 6.54 Å². The zero-order valence-electron chi connectivity index (χ0n) is 8.24. The van der Waals surface area contributed by atoms with Gasteiger partial charge in [0.1, 0.15) is 0 Å². The van der Waals surface area contributed by atoms with Crippen molar-refractivity contribution >= 4 is 34.2 Å². The maximum atomic E-state index is 7.08. The maximum absolute atomic E-state index is 7.08. The molecule has 4 nitrogen and oxygen atoms in total.